The molecule has 10 nitrogen and oxygen atoms in total. The Labute approximate surface area is 350 Å². The molecule has 4 aromatic carbocycles. The molecule has 0 saturated carbocycles. The van der Waals surface area contributed by atoms with E-state index in [0.717, 1.165) is 57.9 Å². The molecule has 0 unspecified atom stereocenters. The number of halogens is 6. The predicted molar refractivity (Wildman–Crippen MR) is 217 cm³/mol. The molecule has 0 aromatic heterocycles. The van der Waals surface area contributed by atoms with Crippen molar-refractivity contribution in [2.24, 2.45) is 0 Å². The molecule has 3 N–H and O–H groups in total. The SMILES string of the molecule is Cc1c(N)ccc(C#N)c1C.[C-]#[N+]c1ccc(CC(=O)[C@@](C)(O)CN(C)c2ccc(C#N)c(C)c2C)cc1C(F)(F)F.[C-]#[N+]c1ccc(CC(=O)[C@]2(C)CO2)cc1C(F)(F)F. The fourth-order valence-electron chi connectivity index (χ4n) is 5.99. The van der Waals surface area contributed by atoms with E-state index in [1.54, 1.807) is 50.1 Å². The highest BCUT2D eigenvalue weighted by Gasteiger charge is 2.46. The summed E-state index contributed by atoms with van der Waals surface area (Å²) in [6.45, 7) is 24.2. The molecule has 0 amide bonds. The van der Waals surface area contributed by atoms with E-state index >= 15 is 0 Å². The van der Waals surface area contributed by atoms with E-state index < -0.39 is 58.3 Å². The Hall–Kier alpha value is -6.72. The van der Waals surface area contributed by atoms with Gasteiger partial charge in [-0.15, -0.1) is 0 Å². The molecule has 2 atom stereocenters. The summed E-state index contributed by atoms with van der Waals surface area (Å²) in [4.78, 5) is 31.8. The number of ketones is 2. The van der Waals surface area contributed by atoms with Crippen LogP contribution in [0.25, 0.3) is 9.69 Å². The van der Waals surface area contributed by atoms with Gasteiger partial charge in [0.05, 0.1) is 60.7 Å². The van der Waals surface area contributed by atoms with Gasteiger partial charge in [0, 0.05) is 31.3 Å². The number of carbonyl (C=O) groups is 2. The fourth-order valence-corrected chi connectivity index (χ4v) is 5.99. The van der Waals surface area contributed by atoms with Crippen molar-refractivity contribution in [1.29, 1.82) is 10.5 Å². The van der Waals surface area contributed by atoms with E-state index in [1.165, 1.54) is 19.1 Å². The number of rotatable bonds is 9. The molecule has 1 aliphatic rings. The van der Waals surface area contributed by atoms with Crippen LogP contribution in [-0.2, 0) is 39.5 Å². The summed E-state index contributed by atoms with van der Waals surface area (Å²) in [5.41, 5.74) is 6.46. The highest BCUT2D eigenvalue weighted by atomic mass is 19.4. The first-order valence-corrected chi connectivity index (χ1v) is 18.3. The van der Waals surface area contributed by atoms with Crippen LogP contribution >= 0.6 is 0 Å². The first-order valence-electron chi connectivity index (χ1n) is 18.3. The van der Waals surface area contributed by atoms with Crippen LogP contribution in [0.1, 0.15) is 69.5 Å². The van der Waals surface area contributed by atoms with Gasteiger partial charge in [-0.25, -0.2) is 9.69 Å². The molecule has 1 aliphatic heterocycles. The second-order valence-electron chi connectivity index (χ2n) is 14.8. The molecule has 61 heavy (non-hydrogen) atoms. The number of likely N-dealkylation sites (N-methyl/N-ethyl adjacent to an activating group) is 1. The van der Waals surface area contributed by atoms with Gasteiger partial charge in [-0.3, -0.25) is 9.59 Å². The number of hydrogen-bond acceptors (Lipinski definition) is 8. The normalized spacial score (nSPS) is 15.1. The minimum atomic E-state index is -4.72. The highest BCUT2D eigenvalue weighted by molar-refractivity contribution is 5.91. The quantitative estimate of drug-likeness (QED) is 0.0732. The van der Waals surface area contributed by atoms with Crippen LogP contribution in [0.2, 0.25) is 0 Å². The summed E-state index contributed by atoms with van der Waals surface area (Å²) >= 11 is 0. The van der Waals surface area contributed by atoms with Crippen LogP contribution in [0.4, 0.5) is 49.1 Å². The molecule has 1 fully saturated rings. The third-order valence-corrected chi connectivity index (χ3v) is 10.3. The van der Waals surface area contributed by atoms with Gasteiger partial charge >= 0.3 is 12.4 Å². The standard InChI is InChI=1S/C23H22F3N3O2.C13H10F3NO2.C9H10N2/c1-14-15(2)20(9-7-17(14)12-27)29(5)13-22(3,31)21(30)11-16-6-8-19(28-4)18(10-16)23(24,25)26;1-12(7-19-12)11(18)6-8-3-4-10(17-2)9(5-8)13(14,15)16;1-6-7(2)9(11)4-3-8(6)5-10/h6-10,31H,11,13H2,1-3,5H3;3-5H,6-7H2,1H3;3-4H,11H2,1-2H3/t22-;12-;/m00./s1. The first-order chi connectivity index (χ1) is 28.2. The lowest BCUT2D eigenvalue weighted by Crippen LogP contribution is -2.46. The second kappa shape index (κ2) is 19.1. The number of aliphatic hydroxyl groups is 1. The van der Waals surface area contributed by atoms with Crippen molar-refractivity contribution in [1.82, 2.24) is 0 Å². The van der Waals surface area contributed by atoms with Gasteiger partial charge in [0.25, 0.3) is 0 Å². The van der Waals surface area contributed by atoms with Crippen molar-refractivity contribution >= 4 is 34.3 Å². The van der Waals surface area contributed by atoms with Gasteiger partial charge in [0.15, 0.2) is 22.9 Å². The van der Waals surface area contributed by atoms with Crippen LogP contribution in [-0.4, -0.2) is 48.1 Å². The smallest absolute Gasteiger partial charge is 0.399 e. The van der Waals surface area contributed by atoms with Crippen LogP contribution in [0, 0.1) is 63.5 Å². The van der Waals surface area contributed by atoms with Gasteiger partial charge in [-0.05, 0) is 99.2 Å². The molecular formula is C45H42F6N6O4. The van der Waals surface area contributed by atoms with E-state index in [1.807, 2.05) is 20.8 Å². The van der Waals surface area contributed by atoms with E-state index in [0.29, 0.717) is 17.7 Å². The van der Waals surface area contributed by atoms with Gasteiger partial charge in [0.2, 0.25) is 0 Å². The lowest BCUT2D eigenvalue weighted by molar-refractivity contribution is -0.137. The average molecular weight is 845 g/mol. The Morgan fingerprint density at radius 2 is 1.25 bits per heavy atom. The summed E-state index contributed by atoms with van der Waals surface area (Å²) < 4.78 is 82.7. The number of nitriles is 2. The van der Waals surface area contributed by atoms with Gasteiger partial charge < -0.3 is 20.5 Å². The number of nitrogen functional groups attached to an aromatic ring is 1. The topological polar surface area (TPSA) is 152 Å². The number of benzene rings is 4. The van der Waals surface area contributed by atoms with Crippen LogP contribution in [0.3, 0.4) is 0 Å². The molecule has 4 aromatic rings. The fraction of sp³-hybridized carbons (Fsp3) is 0.333. The summed E-state index contributed by atoms with van der Waals surface area (Å²) in [6.07, 6.45) is -9.85. The Morgan fingerprint density at radius 3 is 1.67 bits per heavy atom. The molecular weight excluding hydrogens is 803 g/mol. The molecule has 16 heteroatoms. The first kappa shape index (κ1) is 48.6. The average Bonchev–Trinajstić information content (AvgIpc) is 3.96. The summed E-state index contributed by atoms with van der Waals surface area (Å²) in [5.74, 6) is -0.901. The number of ether oxygens (including phenoxy) is 1. The lowest BCUT2D eigenvalue weighted by Gasteiger charge is -2.31. The third-order valence-electron chi connectivity index (χ3n) is 10.3. The van der Waals surface area contributed by atoms with Crippen LogP contribution in [0.15, 0.2) is 60.7 Å². The van der Waals surface area contributed by atoms with Crippen molar-refractivity contribution in [3.8, 4) is 12.1 Å². The van der Waals surface area contributed by atoms with E-state index in [9.17, 15) is 41.0 Å². The Kier molecular flexibility index (Phi) is 15.2. The summed E-state index contributed by atoms with van der Waals surface area (Å²) in [6, 6.07) is 17.5. The molecule has 1 saturated heterocycles. The van der Waals surface area contributed by atoms with Crippen LogP contribution < -0.4 is 10.6 Å². The largest absolute Gasteiger partial charge is 0.407 e. The number of anilines is 2. The number of hydrogen-bond donors (Lipinski definition) is 2. The zero-order valence-corrected chi connectivity index (χ0v) is 34.4. The molecule has 5 rings (SSSR count). The molecule has 0 spiro atoms. The zero-order valence-electron chi connectivity index (χ0n) is 34.4. The van der Waals surface area contributed by atoms with Gasteiger partial charge in [-0.2, -0.15) is 36.9 Å². The molecule has 1 heterocycles. The third kappa shape index (κ3) is 12.2. The zero-order chi connectivity index (χ0) is 46.2. The van der Waals surface area contributed by atoms with Crippen molar-refractivity contribution < 1.29 is 45.8 Å². The minimum absolute atomic E-state index is 0.0676. The van der Waals surface area contributed by atoms with E-state index in [-0.39, 0.29) is 29.9 Å². The molecule has 0 radical (unpaired) electrons. The van der Waals surface area contributed by atoms with Crippen molar-refractivity contribution in [3.05, 3.63) is 139 Å². The van der Waals surface area contributed by atoms with Crippen LogP contribution in [0.5, 0.6) is 0 Å². The maximum Gasteiger partial charge on any atom is 0.407 e. The maximum atomic E-state index is 13.2. The summed E-state index contributed by atoms with van der Waals surface area (Å²) in [7, 11) is 1.68. The number of alkyl halides is 6. The number of Topliss-reactive ketones (excluding diaryl/α,β-unsaturated/α-hetero) is 2. The predicted octanol–water partition coefficient (Wildman–Crippen LogP) is 9.66. The minimum Gasteiger partial charge on any atom is -0.399 e. The molecule has 0 aliphatic carbocycles. The Morgan fingerprint density at radius 1 is 0.803 bits per heavy atom. The highest BCUT2D eigenvalue weighted by Crippen LogP contribution is 2.39. The Bertz CT molecular complexity index is 2500. The second-order valence-corrected chi connectivity index (χ2v) is 14.8. The monoisotopic (exact) mass is 844 g/mol. The molecule has 0 bridgehead atoms. The maximum absolute atomic E-state index is 13.2. The van der Waals surface area contributed by atoms with Crippen molar-refractivity contribution in [3.63, 3.8) is 0 Å². The van der Waals surface area contributed by atoms with E-state index in [2.05, 4.69) is 21.8 Å². The van der Waals surface area contributed by atoms with E-state index in [4.69, 9.17) is 34.1 Å². The number of carbonyl (C=O) groups excluding carboxylic acids is 2. The van der Waals surface area contributed by atoms with Crippen molar-refractivity contribution in [2.45, 2.75) is 77.9 Å². The molecule has 318 valence electrons. The number of epoxide rings is 1. The van der Waals surface area contributed by atoms with Gasteiger partial charge in [0.1, 0.15) is 11.2 Å². The summed E-state index contributed by atoms with van der Waals surface area (Å²) in [5, 5.41) is 28.5. The number of nitrogens with zero attached hydrogens (tertiary/aromatic N) is 5. The Balaban J connectivity index is 0.000000278. The van der Waals surface area contributed by atoms with Gasteiger partial charge in [-0.1, -0.05) is 36.4 Å². The van der Waals surface area contributed by atoms with Crippen molar-refractivity contribution in [2.75, 3.05) is 30.8 Å². The number of nitrogens with two attached hydrogens (primary N) is 1. The lowest BCUT2D eigenvalue weighted by atomic mass is 9.93.